The van der Waals surface area contributed by atoms with Gasteiger partial charge in [0.15, 0.2) is 0 Å². The van der Waals surface area contributed by atoms with Gasteiger partial charge in [-0.3, -0.25) is 0 Å². The molecule has 1 aromatic rings. The van der Waals surface area contributed by atoms with Crippen molar-refractivity contribution in [2.45, 2.75) is 0 Å². The maximum atomic E-state index is 13.0. The molecule has 0 N–H and O–H groups in total. The van der Waals surface area contributed by atoms with Crippen molar-refractivity contribution < 1.29 is 12.9 Å². The van der Waals surface area contributed by atoms with Crippen LogP contribution in [-0.4, -0.2) is 13.3 Å². The Hall–Kier alpha value is -0.690. The molecule has 0 atom stereocenters. The number of hydrogen-bond acceptors (Lipinski definition) is 1. The molecule has 4 heteroatoms. The molecule has 1 rings (SSSR count). The van der Waals surface area contributed by atoms with Crippen LogP contribution in [0.4, 0.5) is 8.39 Å². The van der Waals surface area contributed by atoms with Gasteiger partial charge < -0.3 is 0 Å². The summed E-state index contributed by atoms with van der Waals surface area (Å²) in [7, 11) is -4.85. The summed E-state index contributed by atoms with van der Waals surface area (Å²) in [6, 6.07) is 8.12. The molecule has 0 amide bonds. The molecule has 12 heavy (non-hydrogen) atoms. The Morgan fingerprint density at radius 1 is 1.08 bits per heavy atom. The van der Waals surface area contributed by atoms with Gasteiger partial charge in [0.05, 0.1) is 0 Å². The van der Waals surface area contributed by atoms with Crippen molar-refractivity contribution in [1.29, 1.82) is 0 Å². The van der Waals surface area contributed by atoms with Gasteiger partial charge in [0.2, 0.25) is 0 Å². The van der Waals surface area contributed by atoms with Crippen molar-refractivity contribution in [1.82, 2.24) is 0 Å². The minimum atomic E-state index is -4.85. The van der Waals surface area contributed by atoms with Crippen LogP contribution in [0.25, 0.3) is 0 Å². The van der Waals surface area contributed by atoms with Crippen molar-refractivity contribution in [3.63, 3.8) is 0 Å². The average Bonchev–Trinajstić information content (AvgIpc) is 1.83. The van der Waals surface area contributed by atoms with E-state index in [0.29, 0.717) is 0 Å². The van der Waals surface area contributed by atoms with E-state index in [1.807, 2.05) is 0 Å². The second kappa shape index (κ2) is 2.67. The molecule has 0 aliphatic carbocycles. The van der Waals surface area contributed by atoms with Gasteiger partial charge in [-0.15, -0.1) is 0 Å². The molecule has 0 bridgehead atoms. The molecule has 0 unspecified atom stereocenters. The predicted molar refractivity (Wildman–Crippen MR) is 48.1 cm³/mol. The zero-order valence-corrected chi connectivity index (χ0v) is 7.89. The number of para-hydroxylation sites is 1. The zero-order valence-electron chi connectivity index (χ0n) is 7.00. The van der Waals surface area contributed by atoms with Gasteiger partial charge in [-0.25, -0.2) is 0 Å². The second-order valence-corrected chi connectivity index (χ2v) is 6.66. The van der Waals surface area contributed by atoms with E-state index in [4.69, 9.17) is 0 Å². The summed E-state index contributed by atoms with van der Waals surface area (Å²) in [5.74, 6) is 0.227. The van der Waals surface area contributed by atoms with Crippen LogP contribution in [0.3, 0.4) is 0 Å². The number of rotatable bonds is 2. The summed E-state index contributed by atoms with van der Waals surface area (Å²) in [5, 5.41) is 0. The summed E-state index contributed by atoms with van der Waals surface area (Å²) < 4.78 is 30.6. The van der Waals surface area contributed by atoms with Crippen molar-refractivity contribution in [3.8, 4) is 5.75 Å². The molecule has 0 aliphatic rings. The third kappa shape index (κ3) is 3.63. The van der Waals surface area contributed by atoms with Crippen molar-refractivity contribution in [3.05, 3.63) is 30.3 Å². The third-order valence-corrected chi connectivity index (χ3v) is 1.81. The van der Waals surface area contributed by atoms with E-state index in [1.165, 1.54) is 12.1 Å². The van der Waals surface area contributed by atoms with Crippen LogP contribution in [0.2, 0.25) is 0 Å². The van der Waals surface area contributed by atoms with Crippen LogP contribution in [-0.2, 0) is 0 Å². The van der Waals surface area contributed by atoms with E-state index >= 15 is 0 Å². The second-order valence-electron chi connectivity index (χ2n) is 3.09. The van der Waals surface area contributed by atoms with E-state index in [0.717, 1.165) is 13.3 Å². The summed E-state index contributed by atoms with van der Waals surface area (Å²) in [5.41, 5.74) is 0. The molecule has 0 saturated carbocycles. The Kier molecular flexibility index (Phi) is 2.09. The third-order valence-electron chi connectivity index (χ3n) is 1.10. The fourth-order valence-electron chi connectivity index (χ4n) is 0.772. The molecule has 1 nitrogen and oxygen atoms in total. The van der Waals surface area contributed by atoms with E-state index in [9.17, 15) is 8.39 Å². The van der Waals surface area contributed by atoms with Gasteiger partial charge in [-0.05, 0) is 0 Å². The van der Waals surface area contributed by atoms with Gasteiger partial charge in [-0.1, -0.05) is 0 Å². The maximum absolute atomic E-state index is 13.0. The molecular weight excluding hydrogens is 181 g/mol. The molecule has 0 saturated heterocycles. The van der Waals surface area contributed by atoms with E-state index in [1.54, 1.807) is 18.2 Å². The van der Waals surface area contributed by atoms with E-state index in [2.05, 4.69) is 4.52 Å². The summed E-state index contributed by atoms with van der Waals surface area (Å²) in [6.07, 6.45) is 0. The van der Waals surface area contributed by atoms with Crippen LogP contribution in [0, 0.1) is 0 Å². The quantitative estimate of drug-likeness (QED) is 0.651. The van der Waals surface area contributed by atoms with E-state index in [-0.39, 0.29) is 5.75 Å². The van der Waals surface area contributed by atoms with Gasteiger partial charge in [0.25, 0.3) is 0 Å². The van der Waals surface area contributed by atoms with Crippen molar-refractivity contribution in [2.24, 2.45) is 0 Å². The number of halogens is 2. The summed E-state index contributed by atoms with van der Waals surface area (Å²) >= 11 is 0. The summed E-state index contributed by atoms with van der Waals surface area (Å²) in [6.45, 7) is 1.72. The standard InChI is InChI=1S/C8H11F2OP/c1-12(2,9,10)11-8-6-4-3-5-7-8/h3-7H,1-2H3. The van der Waals surface area contributed by atoms with Crippen molar-refractivity contribution in [2.75, 3.05) is 13.3 Å². The summed E-state index contributed by atoms with van der Waals surface area (Å²) in [4.78, 5) is 0. The van der Waals surface area contributed by atoms with Gasteiger partial charge in [0.1, 0.15) is 0 Å². The van der Waals surface area contributed by atoms with Crippen LogP contribution < -0.4 is 4.52 Å². The minimum absolute atomic E-state index is 0.227. The molecule has 0 radical (unpaired) electrons. The van der Waals surface area contributed by atoms with Gasteiger partial charge in [-0.2, -0.15) is 0 Å². The van der Waals surface area contributed by atoms with Gasteiger partial charge >= 0.3 is 69.8 Å². The zero-order chi connectivity index (χ0) is 9.27. The van der Waals surface area contributed by atoms with Crippen molar-refractivity contribution >= 4 is 7.45 Å². The first kappa shape index (κ1) is 9.40. The first-order chi connectivity index (χ1) is 5.33. The van der Waals surface area contributed by atoms with Gasteiger partial charge in [0, 0.05) is 0 Å². The SMILES string of the molecule is CP(C)(F)(F)Oc1ccccc1. The first-order valence-corrected chi connectivity index (χ1v) is 6.36. The fraction of sp³-hybridized carbons (Fsp3) is 0.250. The van der Waals surface area contributed by atoms with E-state index < -0.39 is 7.45 Å². The Balaban J connectivity index is 2.79. The molecule has 0 spiro atoms. The normalized spacial score (nSPS) is 14.8. The topological polar surface area (TPSA) is 9.23 Å². The molecule has 0 heterocycles. The molecule has 0 aliphatic heterocycles. The monoisotopic (exact) mass is 192 g/mol. The van der Waals surface area contributed by atoms with Crippen LogP contribution in [0.1, 0.15) is 0 Å². The van der Waals surface area contributed by atoms with Crippen LogP contribution >= 0.6 is 7.45 Å². The Morgan fingerprint density at radius 2 is 1.58 bits per heavy atom. The Labute approximate surface area is 70.6 Å². The molecule has 1 aromatic carbocycles. The molecular formula is C8H11F2OP. The number of hydrogen-bond donors (Lipinski definition) is 0. The first-order valence-electron chi connectivity index (χ1n) is 3.53. The fourth-order valence-corrected chi connectivity index (χ4v) is 1.47. The van der Waals surface area contributed by atoms with Crippen LogP contribution in [0.5, 0.6) is 5.75 Å². The molecule has 0 fully saturated rings. The predicted octanol–water partition coefficient (Wildman–Crippen LogP) is 3.56. The van der Waals surface area contributed by atoms with Crippen LogP contribution in [0.15, 0.2) is 30.3 Å². The molecule has 68 valence electrons. The Morgan fingerprint density at radius 3 is 2.00 bits per heavy atom. The average molecular weight is 192 g/mol. The molecule has 0 aromatic heterocycles. The number of benzene rings is 1. The Bertz CT molecular complexity index is 256.